The van der Waals surface area contributed by atoms with Crippen LogP contribution in [0.1, 0.15) is 5.56 Å². The summed E-state index contributed by atoms with van der Waals surface area (Å²) in [5.41, 5.74) is 2.97. The van der Waals surface area contributed by atoms with Crippen LogP contribution in [0.15, 0.2) is 73.1 Å². The molecule has 0 atom stereocenters. The van der Waals surface area contributed by atoms with Gasteiger partial charge in [-0.25, -0.2) is 9.97 Å². The van der Waals surface area contributed by atoms with Crippen molar-refractivity contribution in [3.63, 3.8) is 0 Å². The molecule has 0 saturated heterocycles. The van der Waals surface area contributed by atoms with Crippen LogP contribution in [0, 0.1) is 0 Å². The van der Waals surface area contributed by atoms with E-state index >= 15 is 0 Å². The number of aromatic nitrogens is 2. The molecule has 1 aromatic heterocycles. The van der Waals surface area contributed by atoms with Gasteiger partial charge in [0.2, 0.25) is 0 Å². The largest absolute Gasteiger partial charge is 0.489 e. The summed E-state index contributed by atoms with van der Waals surface area (Å²) in [6, 6.07) is 19.9. The third kappa shape index (κ3) is 4.66. The molecule has 8 heteroatoms. The molecule has 0 aliphatic heterocycles. The van der Waals surface area contributed by atoms with Gasteiger partial charge in [0.25, 0.3) is 0 Å². The Labute approximate surface area is 172 Å². The molecule has 0 spiro atoms. The Hall–Kier alpha value is -3.13. The van der Waals surface area contributed by atoms with Crippen LogP contribution in [0.3, 0.4) is 0 Å². The van der Waals surface area contributed by atoms with Crippen LogP contribution >= 0.6 is 11.6 Å². The van der Waals surface area contributed by atoms with Crippen LogP contribution in [-0.2, 0) is 6.61 Å². The van der Waals surface area contributed by atoms with E-state index < -0.39 is 7.12 Å². The van der Waals surface area contributed by atoms with E-state index in [0.29, 0.717) is 28.7 Å². The fourth-order valence-corrected chi connectivity index (χ4v) is 3.07. The second-order valence-electron chi connectivity index (χ2n) is 6.44. The van der Waals surface area contributed by atoms with Gasteiger partial charge in [0, 0.05) is 16.1 Å². The number of nitrogens with zero attached hydrogens (tertiary/aromatic N) is 2. The van der Waals surface area contributed by atoms with Crippen LogP contribution in [-0.4, -0.2) is 27.1 Å². The highest BCUT2D eigenvalue weighted by Crippen LogP contribution is 2.28. The second kappa shape index (κ2) is 8.49. The number of fused-ring (bicyclic) bond motifs is 1. The molecular formula is C21H17BClN3O3. The highest BCUT2D eigenvalue weighted by atomic mass is 35.5. The van der Waals surface area contributed by atoms with Crippen LogP contribution in [0.2, 0.25) is 5.02 Å². The van der Waals surface area contributed by atoms with Crippen molar-refractivity contribution in [3.8, 4) is 5.75 Å². The quantitative estimate of drug-likeness (QED) is 0.427. The molecule has 3 N–H and O–H groups in total. The number of ether oxygens (including phenoxy) is 1. The molecule has 29 heavy (non-hydrogen) atoms. The molecule has 1 heterocycles. The van der Waals surface area contributed by atoms with Gasteiger partial charge < -0.3 is 20.1 Å². The number of hydrogen-bond donors (Lipinski definition) is 3. The molecule has 4 rings (SSSR count). The fraction of sp³-hybridized carbons (Fsp3) is 0.0476. The molecule has 0 bridgehead atoms. The predicted molar refractivity (Wildman–Crippen MR) is 115 cm³/mol. The third-order valence-corrected chi connectivity index (χ3v) is 4.61. The van der Waals surface area contributed by atoms with Crippen molar-refractivity contribution in [1.29, 1.82) is 0 Å². The number of nitrogens with one attached hydrogen (secondary N) is 1. The van der Waals surface area contributed by atoms with Crippen LogP contribution in [0.25, 0.3) is 10.9 Å². The third-order valence-electron chi connectivity index (χ3n) is 4.38. The lowest BCUT2D eigenvalue weighted by molar-refractivity contribution is 0.306. The summed E-state index contributed by atoms with van der Waals surface area (Å²) >= 11 is 6.06. The molecule has 0 amide bonds. The Morgan fingerprint density at radius 3 is 2.55 bits per heavy atom. The average molecular weight is 406 g/mol. The monoisotopic (exact) mass is 405 g/mol. The number of anilines is 2. The summed E-state index contributed by atoms with van der Waals surface area (Å²) in [7, 11) is -1.48. The van der Waals surface area contributed by atoms with E-state index in [9.17, 15) is 0 Å². The summed E-state index contributed by atoms with van der Waals surface area (Å²) in [6.07, 6.45) is 1.51. The Bertz CT molecular complexity index is 1140. The summed E-state index contributed by atoms with van der Waals surface area (Å²) in [6.45, 7) is 0.345. The molecule has 0 fully saturated rings. The van der Waals surface area contributed by atoms with E-state index in [0.717, 1.165) is 22.2 Å². The van der Waals surface area contributed by atoms with E-state index in [2.05, 4.69) is 15.3 Å². The molecule has 3 aromatic carbocycles. The molecule has 0 aliphatic rings. The number of hydrogen-bond acceptors (Lipinski definition) is 6. The minimum atomic E-state index is -1.48. The maximum Gasteiger partial charge on any atom is 0.488 e. The summed E-state index contributed by atoms with van der Waals surface area (Å²) < 4.78 is 5.90. The van der Waals surface area contributed by atoms with Gasteiger partial charge in [0.1, 0.15) is 24.5 Å². The summed E-state index contributed by atoms with van der Waals surface area (Å²) in [5.74, 6) is 1.33. The van der Waals surface area contributed by atoms with Gasteiger partial charge in [-0.1, -0.05) is 41.9 Å². The fourth-order valence-electron chi connectivity index (χ4n) is 2.88. The minimum Gasteiger partial charge on any atom is -0.489 e. The molecule has 144 valence electrons. The van der Waals surface area contributed by atoms with Crippen molar-refractivity contribution in [2.45, 2.75) is 6.61 Å². The summed E-state index contributed by atoms with van der Waals surface area (Å²) in [5, 5.41) is 23.1. The second-order valence-corrected chi connectivity index (χ2v) is 6.88. The Balaban J connectivity index is 1.55. The zero-order valence-electron chi connectivity index (χ0n) is 15.3. The maximum atomic E-state index is 9.17. The highest BCUT2D eigenvalue weighted by Gasteiger charge is 2.10. The topological polar surface area (TPSA) is 87.5 Å². The van der Waals surface area contributed by atoms with Crippen molar-refractivity contribution >= 4 is 46.6 Å². The lowest BCUT2D eigenvalue weighted by Crippen LogP contribution is -2.29. The van der Waals surface area contributed by atoms with Gasteiger partial charge in [-0.15, -0.1) is 0 Å². The van der Waals surface area contributed by atoms with Crippen molar-refractivity contribution in [3.05, 3.63) is 83.6 Å². The SMILES string of the molecule is OB(O)c1ccc(COc2ccc3ncnc(Nc4cccc(Cl)c4)c3c2)cc1. The first-order chi connectivity index (χ1) is 14.1. The number of rotatable bonds is 6. The van der Waals surface area contributed by atoms with Crippen LogP contribution in [0.5, 0.6) is 5.75 Å². The molecule has 0 saturated carbocycles. The van der Waals surface area contributed by atoms with Gasteiger partial charge in [-0.2, -0.15) is 0 Å². The van der Waals surface area contributed by atoms with Gasteiger partial charge in [0.15, 0.2) is 0 Å². The van der Waals surface area contributed by atoms with Gasteiger partial charge in [0.05, 0.1) is 5.52 Å². The van der Waals surface area contributed by atoms with E-state index in [1.807, 2.05) is 42.5 Å². The van der Waals surface area contributed by atoms with E-state index in [1.165, 1.54) is 6.33 Å². The van der Waals surface area contributed by atoms with Crippen molar-refractivity contribution in [2.75, 3.05) is 5.32 Å². The van der Waals surface area contributed by atoms with Crippen molar-refractivity contribution in [1.82, 2.24) is 9.97 Å². The van der Waals surface area contributed by atoms with Crippen LogP contribution in [0.4, 0.5) is 11.5 Å². The Morgan fingerprint density at radius 1 is 0.966 bits per heavy atom. The molecular weight excluding hydrogens is 389 g/mol. The standard InChI is InChI=1S/C21H17BClN3O3/c23-16-2-1-3-17(10-16)26-21-19-11-18(8-9-20(19)24-13-25-21)29-12-14-4-6-15(7-5-14)22(27)28/h1-11,13,27-28H,12H2,(H,24,25,26). The van der Waals surface area contributed by atoms with E-state index in [1.54, 1.807) is 24.3 Å². The highest BCUT2D eigenvalue weighted by molar-refractivity contribution is 6.58. The molecule has 6 nitrogen and oxygen atoms in total. The van der Waals surface area contributed by atoms with Crippen molar-refractivity contribution < 1.29 is 14.8 Å². The number of benzene rings is 3. The first kappa shape index (κ1) is 19.2. The van der Waals surface area contributed by atoms with Crippen molar-refractivity contribution in [2.24, 2.45) is 0 Å². The van der Waals surface area contributed by atoms with Gasteiger partial charge in [-0.05, 0) is 47.4 Å². The first-order valence-electron chi connectivity index (χ1n) is 8.93. The molecule has 0 radical (unpaired) electrons. The van der Waals surface area contributed by atoms with E-state index in [-0.39, 0.29) is 0 Å². The average Bonchev–Trinajstić information content (AvgIpc) is 2.73. The van der Waals surface area contributed by atoms with Gasteiger partial charge >= 0.3 is 7.12 Å². The normalized spacial score (nSPS) is 10.7. The predicted octanol–water partition coefficient (Wildman–Crippen LogP) is 3.29. The van der Waals surface area contributed by atoms with Crippen LogP contribution < -0.4 is 15.5 Å². The lowest BCUT2D eigenvalue weighted by Gasteiger charge is -2.11. The minimum absolute atomic E-state index is 0.345. The Kier molecular flexibility index (Phi) is 5.62. The lowest BCUT2D eigenvalue weighted by atomic mass is 9.80. The first-order valence-corrected chi connectivity index (χ1v) is 9.31. The maximum absolute atomic E-state index is 9.17. The zero-order valence-corrected chi connectivity index (χ0v) is 16.0. The summed E-state index contributed by atoms with van der Waals surface area (Å²) in [4.78, 5) is 8.66. The number of halogens is 1. The van der Waals surface area contributed by atoms with E-state index in [4.69, 9.17) is 26.4 Å². The Morgan fingerprint density at radius 2 is 1.79 bits per heavy atom. The molecule has 0 unspecified atom stereocenters. The smallest absolute Gasteiger partial charge is 0.488 e. The molecule has 4 aromatic rings. The zero-order chi connectivity index (χ0) is 20.2. The van der Waals surface area contributed by atoms with Gasteiger partial charge in [-0.3, -0.25) is 0 Å². The molecule has 0 aliphatic carbocycles.